The summed E-state index contributed by atoms with van der Waals surface area (Å²) < 4.78 is 10.9. The first-order valence-corrected chi connectivity index (χ1v) is 8.06. The minimum absolute atomic E-state index is 0.200. The molecule has 3 rings (SSSR count). The van der Waals surface area contributed by atoms with Gasteiger partial charge in [0.2, 0.25) is 0 Å². The van der Waals surface area contributed by atoms with Crippen LogP contribution in [0.4, 0.5) is 5.82 Å². The number of aromatic nitrogens is 2. The van der Waals surface area contributed by atoms with Gasteiger partial charge in [-0.25, -0.2) is 4.98 Å². The first kappa shape index (κ1) is 16.7. The van der Waals surface area contributed by atoms with E-state index in [9.17, 15) is 4.79 Å². The van der Waals surface area contributed by atoms with Gasteiger partial charge in [0.1, 0.15) is 23.9 Å². The van der Waals surface area contributed by atoms with E-state index in [0.717, 1.165) is 12.2 Å². The van der Waals surface area contributed by atoms with Gasteiger partial charge in [-0.3, -0.25) is 4.79 Å². The molecule has 0 aliphatic carbocycles. The SMILES string of the molecule is CCc1ccc(OCc2c(C(=O)Nc3ccccn3)noc2C)cc1. The maximum atomic E-state index is 12.4. The molecule has 6 nitrogen and oxygen atoms in total. The van der Waals surface area contributed by atoms with Gasteiger partial charge >= 0.3 is 0 Å². The van der Waals surface area contributed by atoms with Gasteiger partial charge < -0.3 is 14.6 Å². The maximum Gasteiger partial charge on any atom is 0.279 e. The number of carbonyl (C=O) groups excluding carboxylic acids is 1. The highest BCUT2D eigenvalue weighted by molar-refractivity contribution is 6.03. The van der Waals surface area contributed by atoms with Gasteiger partial charge in [-0.05, 0) is 43.2 Å². The summed E-state index contributed by atoms with van der Waals surface area (Å²) in [5.41, 5.74) is 2.06. The number of aryl methyl sites for hydroxylation is 2. The highest BCUT2D eigenvalue weighted by atomic mass is 16.5. The normalized spacial score (nSPS) is 10.5. The number of carbonyl (C=O) groups is 1. The molecule has 0 fully saturated rings. The molecule has 1 aromatic carbocycles. The molecule has 1 amide bonds. The van der Waals surface area contributed by atoms with Crippen LogP contribution in [0.15, 0.2) is 53.2 Å². The van der Waals surface area contributed by atoms with Crippen molar-refractivity contribution in [3.63, 3.8) is 0 Å². The summed E-state index contributed by atoms with van der Waals surface area (Å²) in [6.45, 7) is 4.05. The molecule has 1 N–H and O–H groups in total. The average Bonchev–Trinajstić information content (AvgIpc) is 3.02. The Hall–Kier alpha value is -3.15. The molecule has 3 aromatic rings. The van der Waals surface area contributed by atoms with Gasteiger partial charge in [-0.15, -0.1) is 0 Å². The largest absolute Gasteiger partial charge is 0.489 e. The average molecular weight is 337 g/mol. The van der Waals surface area contributed by atoms with Crippen molar-refractivity contribution in [1.29, 1.82) is 0 Å². The molecule has 0 aliphatic heterocycles. The number of ether oxygens (including phenoxy) is 1. The first-order chi connectivity index (χ1) is 12.2. The van der Waals surface area contributed by atoms with Crippen LogP contribution in [0.2, 0.25) is 0 Å². The van der Waals surface area contributed by atoms with Gasteiger partial charge in [-0.1, -0.05) is 30.3 Å². The standard InChI is InChI=1S/C19H19N3O3/c1-3-14-7-9-15(10-8-14)24-12-16-13(2)25-22-18(16)19(23)21-17-6-4-5-11-20-17/h4-11H,3,12H2,1-2H3,(H,20,21,23). The first-order valence-electron chi connectivity index (χ1n) is 8.06. The molecule has 0 radical (unpaired) electrons. The third-order valence-corrected chi connectivity index (χ3v) is 3.82. The topological polar surface area (TPSA) is 77.2 Å². The zero-order valence-electron chi connectivity index (χ0n) is 14.2. The summed E-state index contributed by atoms with van der Waals surface area (Å²) in [5.74, 6) is 1.36. The van der Waals surface area contributed by atoms with E-state index in [4.69, 9.17) is 9.26 Å². The van der Waals surface area contributed by atoms with Crippen LogP contribution >= 0.6 is 0 Å². The fourth-order valence-electron chi connectivity index (χ4n) is 2.33. The van der Waals surface area contributed by atoms with Crippen LogP contribution in [0, 0.1) is 6.92 Å². The van der Waals surface area contributed by atoms with E-state index < -0.39 is 0 Å². The van der Waals surface area contributed by atoms with E-state index in [1.54, 1.807) is 31.3 Å². The molecule has 6 heteroatoms. The van der Waals surface area contributed by atoms with Crippen LogP contribution in [-0.4, -0.2) is 16.0 Å². The smallest absolute Gasteiger partial charge is 0.279 e. The van der Waals surface area contributed by atoms with Crippen LogP contribution in [0.3, 0.4) is 0 Å². The highest BCUT2D eigenvalue weighted by Gasteiger charge is 2.20. The zero-order chi connectivity index (χ0) is 17.6. The van der Waals surface area contributed by atoms with E-state index in [0.29, 0.717) is 17.1 Å². The predicted molar refractivity (Wildman–Crippen MR) is 93.6 cm³/mol. The molecule has 0 aliphatic rings. The number of amides is 1. The fraction of sp³-hybridized carbons (Fsp3) is 0.211. The summed E-state index contributed by atoms with van der Waals surface area (Å²) >= 11 is 0. The minimum Gasteiger partial charge on any atom is -0.489 e. The van der Waals surface area contributed by atoms with Gasteiger partial charge in [0.15, 0.2) is 5.69 Å². The molecule has 0 atom stereocenters. The lowest BCUT2D eigenvalue weighted by molar-refractivity contribution is 0.101. The molecule has 0 saturated heterocycles. The van der Waals surface area contributed by atoms with Crippen molar-refractivity contribution in [3.05, 3.63) is 71.2 Å². The van der Waals surface area contributed by atoms with Crippen molar-refractivity contribution >= 4 is 11.7 Å². The molecule has 0 bridgehead atoms. The summed E-state index contributed by atoms with van der Waals surface area (Å²) in [4.78, 5) is 16.5. The van der Waals surface area contributed by atoms with Crippen LogP contribution in [0.5, 0.6) is 5.75 Å². The lowest BCUT2D eigenvalue weighted by Crippen LogP contribution is -2.16. The number of rotatable bonds is 6. The Balaban J connectivity index is 1.71. The number of benzene rings is 1. The van der Waals surface area contributed by atoms with Crippen LogP contribution in [-0.2, 0) is 13.0 Å². The number of nitrogens with zero attached hydrogens (tertiary/aromatic N) is 2. The highest BCUT2D eigenvalue weighted by Crippen LogP contribution is 2.19. The second kappa shape index (κ2) is 7.61. The number of hydrogen-bond acceptors (Lipinski definition) is 5. The summed E-state index contributed by atoms with van der Waals surface area (Å²) in [5, 5.41) is 6.55. The summed E-state index contributed by atoms with van der Waals surface area (Å²) in [6, 6.07) is 13.1. The molecule has 0 unspecified atom stereocenters. The Kier molecular flexibility index (Phi) is 5.09. The zero-order valence-corrected chi connectivity index (χ0v) is 14.2. The van der Waals surface area contributed by atoms with E-state index in [-0.39, 0.29) is 18.2 Å². The van der Waals surface area contributed by atoms with Crippen LogP contribution in [0.25, 0.3) is 0 Å². The number of nitrogens with one attached hydrogen (secondary N) is 1. The van der Waals surface area contributed by atoms with Gasteiger partial charge in [-0.2, -0.15) is 0 Å². The summed E-state index contributed by atoms with van der Waals surface area (Å²) in [6.07, 6.45) is 2.58. The van der Waals surface area contributed by atoms with Crippen molar-refractivity contribution < 1.29 is 14.1 Å². The van der Waals surface area contributed by atoms with Gasteiger partial charge in [0.05, 0.1) is 5.56 Å². The Morgan fingerprint density at radius 2 is 2.00 bits per heavy atom. The Bertz CT molecular complexity index is 842. The predicted octanol–water partition coefficient (Wildman–Crippen LogP) is 3.77. The maximum absolute atomic E-state index is 12.4. The van der Waals surface area contributed by atoms with Crippen LogP contribution in [0.1, 0.15) is 34.3 Å². The molecule has 2 aromatic heterocycles. The molecule has 0 spiro atoms. The minimum atomic E-state index is -0.379. The Labute approximate surface area is 145 Å². The van der Waals surface area contributed by atoms with Crippen molar-refractivity contribution in [1.82, 2.24) is 10.1 Å². The van der Waals surface area contributed by atoms with Gasteiger partial charge in [0.25, 0.3) is 5.91 Å². The third-order valence-electron chi connectivity index (χ3n) is 3.82. The Morgan fingerprint density at radius 3 is 2.68 bits per heavy atom. The van der Waals surface area contributed by atoms with Crippen molar-refractivity contribution in [3.8, 4) is 5.75 Å². The van der Waals surface area contributed by atoms with E-state index in [2.05, 4.69) is 22.4 Å². The molecule has 25 heavy (non-hydrogen) atoms. The Morgan fingerprint density at radius 1 is 1.20 bits per heavy atom. The van der Waals surface area contributed by atoms with E-state index >= 15 is 0 Å². The van der Waals surface area contributed by atoms with Crippen molar-refractivity contribution in [2.24, 2.45) is 0 Å². The van der Waals surface area contributed by atoms with Crippen molar-refractivity contribution in [2.75, 3.05) is 5.32 Å². The van der Waals surface area contributed by atoms with E-state index in [1.165, 1.54) is 5.56 Å². The lowest BCUT2D eigenvalue weighted by Gasteiger charge is -2.07. The lowest BCUT2D eigenvalue weighted by atomic mass is 10.1. The number of anilines is 1. The number of hydrogen-bond donors (Lipinski definition) is 1. The second-order valence-corrected chi connectivity index (χ2v) is 5.52. The molecular weight excluding hydrogens is 318 g/mol. The fourth-order valence-corrected chi connectivity index (χ4v) is 2.33. The quantitative estimate of drug-likeness (QED) is 0.741. The number of pyridine rings is 1. The van der Waals surface area contributed by atoms with Crippen molar-refractivity contribution in [2.45, 2.75) is 26.9 Å². The second-order valence-electron chi connectivity index (χ2n) is 5.52. The molecule has 128 valence electrons. The molecule has 2 heterocycles. The van der Waals surface area contributed by atoms with E-state index in [1.807, 2.05) is 24.3 Å². The van der Waals surface area contributed by atoms with Gasteiger partial charge in [0, 0.05) is 6.20 Å². The monoisotopic (exact) mass is 337 g/mol. The van der Waals surface area contributed by atoms with Crippen LogP contribution < -0.4 is 10.1 Å². The summed E-state index contributed by atoms with van der Waals surface area (Å²) in [7, 11) is 0. The molecule has 0 saturated carbocycles. The third kappa shape index (κ3) is 4.03. The molecular formula is C19H19N3O3.